The van der Waals surface area contributed by atoms with E-state index in [4.69, 9.17) is 14.7 Å². The Kier molecular flexibility index (Phi) is 5.43. The van der Waals surface area contributed by atoms with Gasteiger partial charge in [-0.2, -0.15) is 0 Å². The number of methoxy groups -OCH3 is 1. The van der Waals surface area contributed by atoms with Crippen molar-refractivity contribution in [3.63, 3.8) is 0 Å². The number of rotatable bonds is 6. The van der Waals surface area contributed by atoms with Crippen LogP contribution in [0.5, 0.6) is 5.75 Å². The Hall–Kier alpha value is -2.23. The molecule has 0 radical (unpaired) electrons. The fourth-order valence-electron chi connectivity index (χ4n) is 1.80. The van der Waals surface area contributed by atoms with Gasteiger partial charge in [-0.05, 0) is 17.7 Å². The third kappa shape index (κ3) is 3.88. The van der Waals surface area contributed by atoms with Crippen molar-refractivity contribution >= 4 is 19.6 Å². The molecule has 1 amide bonds. The first kappa shape index (κ1) is 15.2. The fourth-order valence-corrected chi connectivity index (χ4v) is 2.37. The van der Waals surface area contributed by atoms with Crippen LogP contribution in [0.15, 0.2) is 48.5 Å². The molecule has 2 rings (SSSR count). The Morgan fingerprint density at radius 2 is 1.95 bits per heavy atom. The van der Waals surface area contributed by atoms with Gasteiger partial charge in [0.05, 0.1) is 24.6 Å². The average molecular weight is 302 g/mol. The van der Waals surface area contributed by atoms with Crippen molar-refractivity contribution in [1.82, 2.24) is 5.48 Å². The van der Waals surface area contributed by atoms with Crippen LogP contribution in [0.25, 0.3) is 0 Å². The van der Waals surface area contributed by atoms with Gasteiger partial charge < -0.3 is 4.74 Å². The molecule has 0 saturated carbocycles. The normalized spacial score (nSPS) is 10.3. The molecule has 0 aliphatic rings. The maximum atomic E-state index is 12.1. The topological polar surface area (TPSA) is 71.4 Å². The molecule has 0 aliphatic carbocycles. The molecule has 5 nitrogen and oxygen atoms in total. The molecule has 0 bridgehead atoms. The van der Waals surface area contributed by atoms with Gasteiger partial charge in [0.2, 0.25) is 0 Å². The van der Waals surface area contributed by atoms with Crippen molar-refractivity contribution in [1.29, 1.82) is 5.16 Å². The predicted molar refractivity (Wildman–Crippen MR) is 81.0 cm³/mol. The monoisotopic (exact) mass is 302 g/mol. The zero-order valence-electron chi connectivity index (χ0n) is 11.5. The van der Waals surface area contributed by atoms with Gasteiger partial charge in [0.15, 0.2) is 0 Å². The van der Waals surface area contributed by atoms with Gasteiger partial charge in [0.25, 0.3) is 5.91 Å². The van der Waals surface area contributed by atoms with Gasteiger partial charge in [0.1, 0.15) is 5.75 Å². The van der Waals surface area contributed by atoms with Gasteiger partial charge in [-0.15, -0.1) is 0 Å². The van der Waals surface area contributed by atoms with Crippen molar-refractivity contribution in [2.75, 3.05) is 7.11 Å². The molecule has 6 heteroatoms. The number of nitrogens with one attached hydrogen (secondary N) is 2. The van der Waals surface area contributed by atoms with Crippen molar-refractivity contribution in [3.05, 3.63) is 59.7 Å². The van der Waals surface area contributed by atoms with Crippen LogP contribution in [0.3, 0.4) is 0 Å². The number of hydrogen-bond acceptors (Lipinski definition) is 4. The van der Waals surface area contributed by atoms with Crippen LogP contribution in [-0.4, -0.2) is 13.0 Å². The lowest BCUT2D eigenvalue weighted by Crippen LogP contribution is -2.27. The van der Waals surface area contributed by atoms with Crippen LogP contribution in [0.1, 0.15) is 15.9 Å². The molecule has 0 unspecified atom stereocenters. The number of ether oxygens (including phenoxy) is 1. The minimum atomic E-state index is -0.389. The van der Waals surface area contributed by atoms with Crippen molar-refractivity contribution in [2.45, 2.75) is 6.61 Å². The Balaban J connectivity index is 2.02. The molecular formula is C15H15N2O3P. The first-order chi connectivity index (χ1) is 10.3. The van der Waals surface area contributed by atoms with Crippen molar-refractivity contribution in [2.24, 2.45) is 0 Å². The smallest absolute Gasteiger partial charge is 0.276 e. The first-order valence-electron chi connectivity index (χ1n) is 6.26. The summed E-state index contributed by atoms with van der Waals surface area (Å²) in [4.78, 5) is 17.3. The molecule has 2 aromatic carbocycles. The highest BCUT2D eigenvalue weighted by Crippen LogP contribution is 2.16. The van der Waals surface area contributed by atoms with Crippen LogP contribution in [0, 0.1) is 5.16 Å². The van der Waals surface area contributed by atoms with Gasteiger partial charge in [-0.25, -0.2) is 5.48 Å². The minimum absolute atomic E-state index is 0.214. The molecule has 0 spiro atoms. The van der Waals surface area contributed by atoms with Gasteiger partial charge >= 0.3 is 0 Å². The van der Waals surface area contributed by atoms with E-state index >= 15 is 0 Å². The van der Waals surface area contributed by atoms with E-state index in [1.807, 2.05) is 30.3 Å². The molecule has 0 fully saturated rings. The largest absolute Gasteiger partial charge is 0.496 e. The molecule has 2 aromatic rings. The number of amides is 1. The Bertz CT molecular complexity index is 632. The van der Waals surface area contributed by atoms with E-state index in [0.717, 1.165) is 5.56 Å². The summed E-state index contributed by atoms with van der Waals surface area (Å²) in [6, 6.07) is 14.6. The summed E-state index contributed by atoms with van der Waals surface area (Å²) in [6.07, 6.45) is 0. The second kappa shape index (κ2) is 7.53. The van der Waals surface area contributed by atoms with Crippen LogP contribution < -0.4 is 15.5 Å². The maximum absolute atomic E-state index is 12.1. The lowest BCUT2D eigenvalue weighted by Gasteiger charge is -2.10. The standard InChI is InChI=1S/C15H15N2O3P/c1-19-13-9-5-8-12(14(13)21-16)15(18)17-20-10-11-6-3-2-4-7-11/h2-9,16H,10H2,1H3,(H,17,18). The lowest BCUT2D eigenvalue weighted by molar-refractivity contribution is 0.0234. The number of carbonyl (C=O) groups excluding carboxylic acids is 1. The van der Waals surface area contributed by atoms with Crippen LogP contribution in [0.2, 0.25) is 0 Å². The second-order valence-electron chi connectivity index (χ2n) is 4.17. The minimum Gasteiger partial charge on any atom is -0.496 e. The summed E-state index contributed by atoms with van der Waals surface area (Å²) in [6.45, 7) is 0.282. The molecule has 0 aromatic heterocycles. The average Bonchev–Trinajstić information content (AvgIpc) is 2.54. The molecule has 108 valence electrons. The molecule has 21 heavy (non-hydrogen) atoms. The van der Waals surface area contributed by atoms with Gasteiger partial charge in [-0.3, -0.25) is 14.8 Å². The quantitative estimate of drug-likeness (QED) is 0.636. The Morgan fingerprint density at radius 1 is 1.19 bits per heavy atom. The molecular weight excluding hydrogens is 287 g/mol. The van der Waals surface area contributed by atoms with E-state index in [-0.39, 0.29) is 20.9 Å². The highest BCUT2D eigenvalue weighted by atomic mass is 31.1. The summed E-state index contributed by atoms with van der Waals surface area (Å²) >= 11 is 0. The van der Waals surface area contributed by atoms with Gasteiger partial charge in [0, 0.05) is 8.37 Å². The highest BCUT2D eigenvalue weighted by Gasteiger charge is 2.14. The molecule has 0 aliphatic heterocycles. The molecule has 0 heterocycles. The van der Waals surface area contributed by atoms with E-state index in [0.29, 0.717) is 16.6 Å². The number of hydroxylamine groups is 1. The van der Waals surface area contributed by atoms with E-state index in [2.05, 4.69) is 5.48 Å². The maximum Gasteiger partial charge on any atom is 0.276 e. The Labute approximate surface area is 124 Å². The van der Waals surface area contributed by atoms with Crippen molar-refractivity contribution in [3.8, 4) is 5.75 Å². The summed E-state index contributed by atoms with van der Waals surface area (Å²) in [7, 11) is 1.73. The second-order valence-corrected chi connectivity index (χ2v) is 4.84. The Morgan fingerprint density at radius 3 is 2.62 bits per heavy atom. The van der Waals surface area contributed by atoms with E-state index in [1.54, 1.807) is 18.2 Å². The highest BCUT2D eigenvalue weighted by molar-refractivity contribution is 7.36. The predicted octanol–water partition coefficient (Wildman–Crippen LogP) is 2.89. The SMILES string of the molecule is COc1cccc(C(=O)NOCc2ccccc2)c1P=N. The van der Waals surface area contributed by atoms with E-state index < -0.39 is 0 Å². The third-order valence-electron chi connectivity index (χ3n) is 2.82. The first-order valence-corrected chi connectivity index (χ1v) is 7.16. The van der Waals surface area contributed by atoms with Crippen LogP contribution in [-0.2, 0) is 11.4 Å². The van der Waals surface area contributed by atoms with Crippen LogP contribution in [0.4, 0.5) is 0 Å². The number of hydrogen-bond donors (Lipinski definition) is 2. The third-order valence-corrected chi connectivity index (χ3v) is 3.51. The number of benzene rings is 2. The zero-order valence-corrected chi connectivity index (χ0v) is 12.4. The lowest BCUT2D eigenvalue weighted by atomic mass is 10.2. The van der Waals surface area contributed by atoms with E-state index in [9.17, 15) is 4.79 Å². The van der Waals surface area contributed by atoms with Crippen LogP contribution >= 0.6 is 8.37 Å². The molecule has 2 N–H and O–H groups in total. The molecule has 0 atom stereocenters. The van der Waals surface area contributed by atoms with Crippen molar-refractivity contribution < 1.29 is 14.4 Å². The summed E-state index contributed by atoms with van der Waals surface area (Å²) in [5.74, 6) is 0.127. The summed E-state index contributed by atoms with van der Waals surface area (Å²) in [5.41, 5.74) is 3.73. The summed E-state index contributed by atoms with van der Waals surface area (Å²) < 4.78 is 5.15. The zero-order chi connectivity index (χ0) is 15.1. The summed E-state index contributed by atoms with van der Waals surface area (Å²) in [5, 5.41) is 8.02. The molecule has 0 saturated heterocycles. The van der Waals surface area contributed by atoms with Gasteiger partial charge in [-0.1, -0.05) is 36.4 Å². The fraction of sp³-hybridized carbons (Fsp3) is 0.133. The van der Waals surface area contributed by atoms with E-state index in [1.165, 1.54) is 7.11 Å². The number of carbonyl (C=O) groups is 1.